The van der Waals surface area contributed by atoms with E-state index in [0.717, 1.165) is 43.5 Å². The fourth-order valence-electron chi connectivity index (χ4n) is 7.74. The monoisotopic (exact) mass is 679 g/mol. The first-order valence-electron chi connectivity index (χ1n) is 16.5. The van der Waals surface area contributed by atoms with E-state index < -0.39 is 4.92 Å². The van der Waals surface area contributed by atoms with Crippen molar-refractivity contribution >= 4 is 83.4 Å². The van der Waals surface area contributed by atoms with Crippen LogP contribution in [-0.2, 0) is 0 Å². The molecular formula is C43H25N3O4S. The van der Waals surface area contributed by atoms with E-state index in [9.17, 15) is 19.7 Å². The number of fused-ring (bicyclic) bond motifs is 7. The number of nitro groups is 1. The smallest absolute Gasteiger partial charge is 0.271 e. The Morgan fingerprint density at radius 1 is 0.608 bits per heavy atom. The lowest BCUT2D eigenvalue weighted by atomic mass is 9.98. The number of aromatic nitrogens is 1. The van der Waals surface area contributed by atoms with Gasteiger partial charge in [0.15, 0.2) is 10.9 Å². The summed E-state index contributed by atoms with van der Waals surface area (Å²) in [4.78, 5) is 43.9. The molecule has 9 aromatic rings. The van der Waals surface area contributed by atoms with Gasteiger partial charge in [0.05, 0.1) is 32.8 Å². The highest BCUT2D eigenvalue weighted by Gasteiger charge is 2.28. The molecule has 1 aliphatic heterocycles. The summed E-state index contributed by atoms with van der Waals surface area (Å²) >= 11 is 1.61. The zero-order chi connectivity index (χ0) is 34.5. The summed E-state index contributed by atoms with van der Waals surface area (Å²) in [5, 5.41) is 15.9. The number of pyridine rings is 2. The van der Waals surface area contributed by atoms with Gasteiger partial charge in [-0.1, -0.05) is 78.5 Å². The van der Waals surface area contributed by atoms with Crippen LogP contribution < -0.4 is 15.8 Å². The lowest BCUT2D eigenvalue weighted by Crippen LogP contribution is -2.18. The molecule has 1 aliphatic rings. The Morgan fingerprint density at radius 2 is 1.31 bits per heavy atom. The first-order valence-corrected chi connectivity index (χ1v) is 17.3. The third kappa shape index (κ3) is 4.26. The average Bonchev–Trinajstić information content (AvgIpc) is 3.16. The van der Waals surface area contributed by atoms with Gasteiger partial charge < -0.3 is 9.30 Å². The second-order valence-corrected chi connectivity index (χ2v) is 14.1. The first kappa shape index (κ1) is 29.4. The van der Waals surface area contributed by atoms with Gasteiger partial charge in [-0.3, -0.25) is 19.7 Å². The molecule has 2 aromatic heterocycles. The topological polar surface area (TPSA) is 84.9 Å². The van der Waals surface area contributed by atoms with Crippen LogP contribution in [0, 0.1) is 17.0 Å². The lowest BCUT2D eigenvalue weighted by molar-refractivity contribution is -0.384. The van der Waals surface area contributed by atoms with Crippen molar-refractivity contribution in [3.05, 3.63) is 170 Å². The van der Waals surface area contributed by atoms with Crippen LogP contribution in [0.1, 0.15) is 5.56 Å². The third-order valence-electron chi connectivity index (χ3n) is 10.0. The Hall–Kier alpha value is -6.51. The predicted octanol–water partition coefficient (Wildman–Crippen LogP) is 10.5. The van der Waals surface area contributed by atoms with E-state index in [-0.39, 0.29) is 16.5 Å². The minimum absolute atomic E-state index is 0.128. The van der Waals surface area contributed by atoms with E-state index in [1.807, 2.05) is 41.7 Å². The van der Waals surface area contributed by atoms with E-state index in [2.05, 4.69) is 77.7 Å². The van der Waals surface area contributed by atoms with Crippen LogP contribution in [-0.4, -0.2) is 9.32 Å². The molecule has 0 fully saturated rings. The van der Waals surface area contributed by atoms with Gasteiger partial charge in [0.25, 0.3) is 5.69 Å². The van der Waals surface area contributed by atoms with Gasteiger partial charge in [0.2, 0.25) is 0 Å². The Morgan fingerprint density at radius 3 is 2.12 bits per heavy atom. The number of para-hydroxylation sites is 1. The maximum atomic E-state index is 14.5. The number of benzene rings is 7. The van der Waals surface area contributed by atoms with Gasteiger partial charge >= 0.3 is 0 Å². The second kappa shape index (κ2) is 10.7. The summed E-state index contributed by atoms with van der Waals surface area (Å²) in [5.41, 5.74) is 6.71. The van der Waals surface area contributed by atoms with Crippen LogP contribution in [0.3, 0.4) is 0 Å². The van der Waals surface area contributed by atoms with Crippen molar-refractivity contribution in [1.82, 2.24) is 4.40 Å². The number of hydrogen-bond acceptors (Lipinski definition) is 6. The van der Waals surface area contributed by atoms with Crippen LogP contribution in [0.4, 0.5) is 22.7 Å². The van der Waals surface area contributed by atoms with Gasteiger partial charge in [0, 0.05) is 49.2 Å². The largest absolute Gasteiger partial charge is 0.308 e. The molecule has 8 heteroatoms. The van der Waals surface area contributed by atoms with Crippen LogP contribution in [0.2, 0.25) is 0 Å². The van der Waals surface area contributed by atoms with Gasteiger partial charge in [-0.25, -0.2) is 0 Å². The molecular weight excluding hydrogens is 655 g/mol. The first-order chi connectivity index (χ1) is 24.9. The Kier molecular flexibility index (Phi) is 6.20. The molecule has 0 amide bonds. The molecule has 0 saturated carbocycles. The summed E-state index contributed by atoms with van der Waals surface area (Å²) in [6, 6.07) is 43.3. The SMILES string of the molecule is Cc1cc2c(=O)c3ccc([N+](=O)[O-])cc3n3c4cc5c(cc4c(=O)c(c1)c23)N(c1ccc(-c2cccc3ccccc23)cc1)c1ccccc1S5. The summed E-state index contributed by atoms with van der Waals surface area (Å²) in [5.74, 6) is 0. The van der Waals surface area contributed by atoms with Crippen LogP contribution in [0.5, 0.6) is 0 Å². The van der Waals surface area contributed by atoms with Crippen molar-refractivity contribution in [2.75, 3.05) is 4.90 Å². The molecule has 242 valence electrons. The number of hydrogen-bond donors (Lipinski definition) is 0. The quantitative estimate of drug-likeness (QED) is 0.0800. The zero-order valence-corrected chi connectivity index (χ0v) is 27.9. The lowest BCUT2D eigenvalue weighted by Gasteiger charge is -2.33. The molecule has 10 rings (SSSR count). The Balaban J connectivity index is 1.26. The van der Waals surface area contributed by atoms with E-state index in [4.69, 9.17) is 0 Å². The maximum Gasteiger partial charge on any atom is 0.271 e. The molecule has 0 N–H and O–H groups in total. The Bertz CT molecular complexity index is 3100. The fraction of sp³-hybridized carbons (Fsp3) is 0.0233. The van der Waals surface area contributed by atoms with Crippen molar-refractivity contribution in [1.29, 1.82) is 0 Å². The molecule has 3 heterocycles. The van der Waals surface area contributed by atoms with Crippen molar-refractivity contribution in [2.45, 2.75) is 16.7 Å². The minimum Gasteiger partial charge on any atom is -0.308 e. The molecule has 7 nitrogen and oxygen atoms in total. The van der Waals surface area contributed by atoms with E-state index in [0.29, 0.717) is 38.1 Å². The van der Waals surface area contributed by atoms with Crippen molar-refractivity contribution < 1.29 is 4.92 Å². The normalized spacial score (nSPS) is 12.6. The van der Waals surface area contributed by atoms with Gasteiger partial charge in [-0.2, -0.15) is 0 Å². The van der Waals surface area contributed by atoms with Gasteiger partial charge in [-0.05, 0) is 89.0 Å². The number of aryl methyl sites for hydroxylation is 1. The number of non-ortho nitro benzene ring substituents is 1. The van der Waals surface area contributed by atoms with E-state index in [1.54, 1.807) is 23.9 Å². The average molecular weight is 680 g/mol. The molecule has 0 aliphatic carbocycles. The fourth-order valence-corrected chi connectivity index (χ4v) is 8.81. The molecule has 0 atom stereocenters. The molecule has 0 radical (unpaired) electrons. The maximum absolute atomic E-state index is 14.5. The van der Waals surface area contributed by atoms with Gasteiger partial charge in [-0.15, -0.1) is 0 Å². The summed E-state index contributed by atoms with van der Waals surface area (Å²) in [7, 11) is 0. The number of nitro benzene ring substituents is 1. The summed E-state index contributed by atoms with van der Waals surface area (Å²) < 4.78 is 1.87. The van der Waals surface area contributed by atoms with Crippen LogP contribution in [0.25, 0.3) is 60.0 Å². The third-order valence-corrected chi connectivity index (χ3v) is 11.1. The molecule has 0 bridgehead atoms. The highest BCUT2D eigenvalue weighted by Crippen LogP contribution is 2.52. The molecule has 51 heavy (non-hydrogen) atoms. The Labute approximate surface area is 294 Å². The number of rotatable bonds is 3. The molecule has 0 saturated heterocycles. The highest BCUT2D eigenvalue weighted by atomic mass is 32.2. The molecule has 0 spiro atoms. The van der Waals surface area contributed by atoms with Crippen molar-refractivity contribution in [3.8, 4) is 11.1 Å². The summed E-state index contributed by atoms with van der Waals surface area (Å²) in [6.45, 7) is 1.87. The van der Waals surface area contributed by atoms with Crippen LogP contribution >= 0.6 is 11.8 Å². The number of anilines is 3. The molecule has 0 unspecified atom stereocenters. The predicted molar refractivity (Wildman–Crippen MR) is 207 cm³/mol. The second-order valence-electron chi connectivity index (χ2n) is 13.0. The van der Waals surface area contributed by atoms with E-state index >= 15 is 0 Å². The van der Waals surface area contributed by atoms with Crippen molar-refractivity contribution in [2.24, 2.45) is 0 Å². The van der Waals surface area contributed by atoms with E-state index in [1.165, 1.54) is 29.0 Å². The highest BCUT2D eigenvalue weighted by molar-refractivity contribution is 7.99. The number of nitrogens with zero attached hydrogens (tertiary/aromatic N) is 3. The van der Waals surface area contributed by atoms with Crippen molar-refractivity contribution in [3.63, 3.8) is 0 Å². The minimum atomic E-state index is -0.463. The zero-order valence-electron chi connectivity index (χ0n) is 27.1. The van der Waals surface area contributed by atoms with Crippen LogP contribution in [0.15, 0.2) is 153 Å². The summed E-state index contributed by atoms with van der Waals surface area (Å²) in [6.07, 6.45) is 0. The molecule has 7 aromatic carbocycles. The van der Waals surface area contributed by atoms with Gasteiger partial charge in [0.1, 0.15) is 0 Å². The standard InChI is InChI=1S/C43H25N3O4S/c1-24-19-33-41-34(20-24)43(48)32-22-38-40(23-37(32)45(41)36-21-28(46(49)50)17-18-31(36)42(33)47)51-39-12-5-4-11-35(39)44(38)27-15-13-26(14-16-27)30-10-6-8-25-7-2-3-9-29(25)30/h2-23H,1H3.